The van der Waals surface area contributed by atoms with E-state index in [1.165, 1.54) is 0 Å². The number of hydrogen-bond acceptors (Lipinski definition) is 4. The van der Waals surface area contributed by atoms with Gasteiger partial charge in [-0.1, -0.05) is 51.1 Å². The second-order valence-corrected chi connectivity index (χ2v) is 11.2. The van der Waals surface area contributed by atoms with Crippen LogP contribution in [0, 0.1) is 5.41 Å². The summed E-state index contributed by atoms with van der Waals surface area (Å²) >= 11 is 0. The predicted octanol–water partition coefficient (Wildman–Crippen LogP) is 6.30. The highest BCUT2D eigenvalue weighted by atomic mass is 16.6. The highest BCUT2D eigenvalue weighted by molar-refractivity contribution is 5.46. The number of rotatable bonds is 11. The van der Waals surface area contributed by atoms with Crippen LogP contribution in [-0.2, 0) is 10.2 Å². The third kappa shape index (κ3) is 7.35. The quantitative estimate of drug-likeness (QED) is 0.321. The van der Waals surface area contributed by atoms with E-state index in [0.717, 1.165) is 35.7 Å². The minimum atomic E-state index is -0.481. The largest absolute Gasteiger partial charge is 0.491 e. The Morgan fingerprint density at radius 3 is 1.94 bits per heavy atom. The van der Waals surface area contributed by atoms with E-state index in [9.17, 15) is 5.11 Å². The van der Waals surface area contributed by atoms with Gasteiger partial charge in [0.25, 0.3) is 0 Å². The fourth-order valence-corrected chi connectivity index (χ4v) is 4.22. The lowest BCUT2D eigenvalue weighted by atomic mass is 9.76. The normalized spacial score (nSPS) is 18.8. The molecule has 2 aromatic carbocycles. The lowest BCUT2D eigenvalue weighted by molar-refractivity contribution is 0.0710. The maximum Gasteiger partial charge on any atom is 0.120 e. The summed E-state index contributed by atoms with van der Waals surface area (Å²) in [6.07, 6.45) is 3.41. The lowest BCUT2D eigenvalue weighted by Gasteiger charge is -2.29. The Morgan fingerprint density at radius 2 is 1.48 bits per heavy atom. The van der Waals surface area contributed by atoms with Gasteiger partial charge in [-0.05, 0) is 68.0 Å². The number of epoxide rings is 1. The number of benzene rings is 2. The molecule has 2 aromatic rings. The molecule has 0 saturated carbocycles. The van der Waals surface area contributed by atoms with E-state index in [0.29, 0.717) is 19.1 Å². The second kappa shape index (κ2) is 9.90. The van der Waals surface area contributed by atoms with E-state index >= 15 is 0 Å². The predicted molar refractivity (Wildman–Crippen MR) is 134 cm³/mol. The molecular weight excluding hydrogens is 412 g/mol. The van der Waals surface area contributed by atoms with Crippen LogP contribution >= 0.6 is 0 Å². The Kier molecular flexibility index (Phi) is 7.60. The first-order valence-electron chi connectivity index (χ1n) is 11.9. The van der Waals surface area contributed by atoms with Crippen LogP contribution in [0.5, 0.6) is 11.5 Å². The van der Waals surface area contributed by atoms with Gasteiger partial charge in [0.1, 0.15) is 23.7 Å². The van der Waals surface area contributed by atoms with Gasteiger partial charge in [-0.15, -0.1) is 6.58 Å². The molecular formula is C29H40O4. The van der Waals surface area contributed by atoms with Gasteiger partial charge in [-0.2, -0.15) is 0 Å². The molecule has 4 heteroatoms. The highest BCUT2D eigenvalue weighted by Gasteiger charge is 2.33. The van der Waals surface area contributed by atoms with Gasteiger partial charge < -0.3 is 19.3 Å². The monoisotopic (exact) mass is 452 g/mol. The minimum absolute atomic E-state index is 0.0698. The summed E-state index contributed by atoms with van der Waals surface area (Å²) in [7, 11) is 0. The molecule has 3 unspecified atom stereocenters. The maximum atomic E-state index is 10.2. The van der Waals surface area contributed by atoms with E-state index in [1.54, 1.807) is 0 Å². The van der Waals surface area contributed by atoms with Crippen molar-refractivity contribution >= 4 is 0 Å². The smallest absolute Gasteiger partial charge is 0.120 e. The molecule has 33 heavy (non-hydrogen) atoms. The summed E-state index contributed by atoms with van der Waals surface area (Å²) in [5, 5.41) is 10.2. The van der Waals surface area contributed by atoms with Gasteiger partial charge in [-0.3, -0.25) is 0 Å². The number of aliphatic hydroxyl groups is 1. The van der Waals surface area contributed by atoms with Gasteiger partial charge in [0.15, 0.2) is 0 Å². The SMILES string of the molecule is C=CC(C)(c1ccc(OCC(O)CC(C)(C)C)cc1)c1ccc(OC(C)(C)CC2CO2)cc1. The molecule has 0 aliphatic carbocycles. The topological polar surface area (TPSA) is 51.2 Å². The third-order valence-corrected chi connectivity index (χ3v) is 6.12. The molecule has 3 rings (SSSR count). The van der Waals surface area contributed by atoms with Crippen molar-refractivity contribution in [3.8, 4) is 11.5 Å². The van der Waals surface area contributed by atoms with Crippen molar-refractivity contribution in [3.05, 3.63) is 72.3 Å². The van der Waals surface area contributed by atoms with Gasteiger partial charge in [-0.25, -0.2) is 0 Å². The van der Waals surface area contributed by atoms with Crippen LogP contribution in [0.2, 0.25) is 0 Å². The van der Waals surface area contributed by atoms with Crippen molar-refractivity contribution < 1.29 is 19.3 Å². The van der Waals surface area contributed by atoms with Gasteiger partial charge in [0, 0.05) is 11.8 Å². The number of allylic oxidation sites excluding steroid dienone is 1. The summed E-state index contributed by atoms with van der Waals surface area (Å²) in [5.74, 6) is 1.61. The molecule has 0 bridgehead atoms. The van der Waals surface area contributed by atoms with E-state index in [-0.39, 0.29) is 16.4 Å². The molecule has 3 atom stereocenters. The zero-order valence-electron chi connectivity index (χ0n) is 21.1. The Hall–Kier alpha value is -2.30. The fraction of sp³-hybridized carbons (Fsp3) is 0.517. The van der Waals surface area contributed by atoms with Gasteiger partial charge in [0.05, 0.1) is 18.8 Å². The van der Waals surface area contributed by atoms with E-state index in [1.807, 2.05) is 30.3 Å². The average Bonchev–Trinajstić information content (AvgIpc) is 3.54. The summed E-state index contributed by atoms with van der Waals surface area (Å²) in [6, 6.07) is 16.3. The first kappa shape index (κ1) is 25.3. The standard InChI is InChI=1S/C29H40O4/c1-8-29(7,21-9-13-24(14-10-21)31-19-23(30)17-27(2,3)4)22-11-15-25(16-12-22)33-28(5,6)18-26-20-32-26/h8-16,23,26,30H,1,17-20H2,2-7H3. The number of ether oxygens (including phenoxy) is 3. The molecule has 0 aromatic heterocycles. The Morgan fingerprint density at radius 1 is 0.970 bits per heavy atom. The fourth-order valence-electron chi connectivity index (χ4n) is 4.22. The third-order valence-electron chi connectivity index (χ3n) is 6.12. The molecule has 1 aliphatic rings. The summed E-state index contributed by atoms with van der Waals surface area (Å²) in [5.41, 5.74) is 1.73. The number of aliphatic hydroxyl groups excluding tert-OH is 1. The molecule has 1 N–H and O–H groups in total. The van der Waals surface area contributed by atoms with Crippen molar-refractivity contribution in [1.29, 1.82) is 0 Å². The summed E-state index contributed by atoms with van der Waals surface area (Å²) in [4.78, 5) is 0. The molecule has 0 amide bonds. The minimum Gasteiger partial charge on any atom is -0.491 e. The molecule has 1 fully saturated rings. The molecule has 180 valence electrons. The summed E-state index contributed by atoms with van der Waals surface area (Å²) < 4.78 is 17.4. The molecule has 0 radical (unpaired) electrons. The Balaban J connectivity index is 1.65. The van der Waals surface area contributed by atoms with Crippen molar-refractivity contribution in [1.82, 2.24) is 0 Å². The van der Waals surface area contributed by atoms with E-state index in [4.69, 9.17) is 14.2 Å². The molecule has 1 heterocycles. The highest BCUT2D eigenvalue weighted by Crippen LogP contribution is 2.36. The summed E-state index contributed by atoms with van der Waals surface area (Å²) in [6.45, 7) is 17.9. The van der Waals surface area contributed by atoms with E-state index < -0.39 is 6.10 Å². The van der Waals surface area contributed by atoms with Crippen LogP contribution < -0.4 is 9.47 Å². The Bertz CT molecular complexity index is 904. The van der Waals surface area contributed by atoms with Crippen molar-refractivity contribution in [2.45, 2.75) is 77.6 Å². The lowest BCUT2D eigenvalue weighted by Crippen LogP contribution is -2.30. The average molecular weight is 453 g/mol. The number of hydrogen-bond donors (Lipinski definition) is 1. The maximum absolute atomic E-state index is 10.2. The zero-order chi connectivity index (χ0) is 24.3. The van der Waals surface area contributed by atoms with Crippen LogP contribution in [0.4, 0.5) is 0 Å². The van der Waals surface area contributed by atoms with E-state index in [2.05, 4.69) is 72.4 Å². The molecule has 1 aliphatic heterocycles. The second-order valence-electron chi connectivity index (χ2n) is 11.2. The van der Waals surface area contributed by atoms with Crippen molar-refractivity contribution in [2.75, 3.05) is 13.2 Å². The van der Waals surface area contributed by atoms with Crippen LogP contribution in [0.15, 0.2) is 61.2 Å². The first-order chi connectivity index (χ1) is 15.4. The molecule has 4 nitrogen and oxygen atoms in total. The zero-order valence-corrected chi connectivity index (χ0v) is 21.1. The first-order valence-corrected chi connectivity index (χ1v) is 11.9. The van der Waals surface area contributed by atoms with Crippen LogP contribution in [0.3, 0.4) is 0 Å². The molecule has 0 spiro atoms. The Labute approximate surface area is 199 Å². The van der Waals surface area contributed by atoms with Crippen LogP contribution in [0.1, 0.15) is 65.5 Å². The van der Waals surface area contributed by atoms with Crippen molar-refractivity contribution in [2.24, 2.45) is 5.41 Å². The van der Waals surface area contributed by atoms with Crippen LogP contribution in [-0.4, -0.2) is 36.1 Å². The van der Waals surface area contributed by atoms with Gasteiger partial charge >= 0.3 is 0 Å². The van der Waals surface area contributed by atoms with Gasteiger partial charge in [0.2, 0.25) is 0 Å². The van der Waals surface area contributed by atoms with Crippen LogP contribution in [0.25, 0.3) is 0 Å². The molecule has 1 saturated heterocycles. The van der Waals surface area contributed by atoms with Crippen molar-refractivity contribution in [3.63, 3.8) is 0 Å².